The van der Waals surface area contributed by atoms with E-state index in [0.29, 0.717) is 14.8 Å². The highest BCUT2D eigenvalue weighted by Crippen LogP contribution is 2.20. The van der Waals surface area contributed by atoms with Crippen molar-refractivity contribution in [1.82, 2.24) is 9.19 Å². The fraction of sp³-hybridized carbons (Fsp3) is 0.0667. The molecule has 3 rings (SSSR count). The molecule has 0 aliphatic heterocycles. The van der Waals surface area contributed by atoms with E-state index in [1.807, 2.05) is 0 Å². The monoisotopic (exact) mass is 394 g/mol. The fourth-order valence-corrected chi connectivity index (χ4v) is 3.98. The van der Waals surface area contributed by atoms with Crippen LogP contribution < -0.4 is 20.9 Å². The number of nitrogens with one attached hydrogen (secondary N) is 3. The van der Waals surface area contributed by atoms with Gasteiger partial charge in [0.25, 0.3) is 15.6 Å². The summed E-state index contributed by atoms with van der Waals surface area (Å²) in [6.07, 6.45) is 0. The van der Waals surface area contributed by atoms with Gasteiger partial charge < -0.3 is 4.74 Å². The molecule has 2 aromatic heterocycles. The van der Waals surface area contributed by atoms with Crippen LogP contribution in [0.3, 0.4) is 0 Å². The van der Waals surface area contributed by atoms with Crippen molar-refractivity contribution in [2.75, 3.05) is 17.7 Å². The lowest BCUT2D eigenvalue weighted by molar-refractivity contribution is 0.262. The van der Waals surface area contributed by atoms with Gasteiger partial charge in [0.2, 0.25) is 0 Å². The fourth-order valence-electron chi connectivity index (χ4n) is 2.11. The molecule has 0 aliphatic carbocycles. The second kappa shape index (κ2) is 7.06. The quantitative estimate of drug-likeness (QED) is 0.612. The number of carbonyl (C=O) groups is 1. The molecule has 3 N–H and O–H groups in total. The van der Waals surface area contributed by atoms with E-state index in [-0.39, 0.29) is 10.7 Å². The van der Waals surface area contributed by atoms with Gasteiger partial charge in [0.15, 0.2) is 5.82 Å². The number of rotatable bonds is 5. The largest absolute Gasteiger partial charge is 0.497 e. The van der Waals surface area contributed by atoms with Crippen LogP contribution in [0.2, 0.25) is 0 Å². The van der Waals surface area contributed by atoms with Crippen molar-refractivity contribution in [3.63, 3.8) is 0 Å². The average Bonchev–Trinajstić information content (AvgIpc) is 3.24. The number of urea groups is 1. The van der Waals surface area contributed by atoms with Crippen LogP contribution in [0.25, 0.3) is 0 Å². The number of ether oxygens (including phenoxy) is 1. The third-order valence-electron chi connectivity index (χ3n) is 3.30. The highest BCUT2D eigenvalue weighted by atomic mass is 32.2. The number of hydrogen-bond acceptors (Lipinski definition) is 6. The summed E-state index contributed by atoms with van der Waals surface area (Å²) in [6.45, 7) is 0. The van der Waals surface area contributed by atoms with Crippen molar-refractivity contribution in [1.29, 1.82) is 0 Å². The minimum Gasteiger partial charge on any atom is -0.497 e. The van der Waals surface area contributed by atoms with Gasteiger partial charge in [0, 0.05) is 6.07 Å². The van der Waals surface area contributed by atoms with E-state index in [0.717, 1.165) is 6.07 Å². The first-order valence-electron chi connectivity index (χ1n) is 7.23. The Morgan fingerprint density at radius 2 is 1.92 bits per heavy atom. The molecule has 0 fully saturated rings. The molecule has 2 heterocycles. The Labute approximate surface area is 152 Å². The topological polar surface area (TPSA) is 122 Å². The standard InChI is InChI=1S/C15H14N4O5S2/c1-24-10-4-6-11(7-5-10)26(22,23)19-12(9-13(20)18-19)16-15(21)17-14-3-2-8-25-14/h2-9H,1H3,(H,18,20)(H2,16,17,21). The van der Waals surface area contributed by atoms with Gasteiger partial charge in [-0.25, -0.2) is 9.89 Å². The molecule has 0 bridgehead atoms. The molecule has 0 unspecified atom stereocenters. The summed E-state index contributed by atoms with van der Waals surface area (Å²) in [5, 5.41) is 9.42. The number of thiophene rings is 1. The molecule has 1 aromatic carbocycles. The maximum Gasteiger partial charge on any atom is 0.325 e. The zero-order valence-corrected chi connectivity index (χ0v) is 15.1. The zero-order chi connectivity index (χ0) is 18.7. The number of methoxy groups -OCH3 is 1. The van der Waals surface area contributed by atoms with Crippen molar-refractivity contribution in [2.24, 2.45) is 0 Å². The third kappa shape index (κ3) is 3.63. The molecule has 0 saturated carbocycles. The smallest absolute Gasteiger partial charge is 0.325 e. The zero-order valence-electron chi connectivity index (χ0n) is 13.4. The van der Waals surface area contributed by atoms with E-state index < -0.39 is 21.6 Å². The summed E-state index contributed by atoms with van der Waals surface area (Å²) in [4.78, 5) is 23.6. The summed E-state index contributed by atoms with van der Waals surface area (Å²) in [6, 6.07) is 9.36. The Bertz CT molecular complexity index is 1070. The molecule has 0 atom stereocenters. The number of aromatic nitrogens is 2. The lowest BCUT2D eigenvalue weighted by Crippen LogP contribution is -2.24. The summed E-state index contributed by atoms with van der Waals surface area (Å²) in [5.74, 6) is 0.276. The van der Waals surface area contributed by atoms with E-state index in [9.17, 15) is 18.0 Å². The Balaban J connectivity index is 1.90. The van der Waals surface area contributed by atoms with Crippen LogP contribution in [0.4, 0.5) is 15.6 Å². The number of carbonyl (C=O) groups excluding carboxylic acids is 1. The first-order chi connectivity index (χ1) is 12.4. The molecule has 3 aromatic rings. The lowest BCUT2D eigenvalue weighted by atomic mass is 10.3. The molecule has 2 amide bonds. The van der Waals surface area contributed by atoms with Crippen LogP contribution in [0.1, 0.15) is 0 Å². The van der Waals surface area contributed by atoms with Gasteiger partial charge in [-0.05, 0) is 41.8 Å². The molecule has 9 nitrogen and oxygen atoms in total. The third-order valence-corrected chi connectivity index (χ3v) is 5.72. The van der Waals surface area contributed by atoms with Crippen LogP contribution >= 0.6 is 11.3 Å². The molecule has 11 heteroatoms. The maximum absolute atomic E-state index is 12.7. The molecule has 136 valence electrons. The van der Waals surface area contributed by atoms with Crippen molar-refractivity contribution in [3.8, 4) is 5.75 Å². The molecule has 0 aliphatic rings. The number of anilines is 2. The lowest BCUT2D eigenvalue weighted by Gasteiger charge is -2.11. The second-order valence-corrected chi connectivity index (χ2v) is 7.74. The second-order valence-electron chi connectivity index (χ2n) is 5.01. The molecule has 0 radical (unpaired) electrons. The van der Waals surface area contributed by atoms with Crippen LogP contribution in [-0.2, 0) is 10.0 Å². The van der Waals surface area contributed by atoms with Gasteiger partial charge in [-0.1, -0.05) is 0 Å². The number of nitrogens with zero attached hydrogens (tertiary/aromatic N) is 1. The predicted molar refractivity (Wildman–Crippen MR) is 97.6 cm³/mol. The minimum absolute atomic E-state index is 0.0770. The maximum atomic E-state index is 12.7. The van der Waals surface area contributed by atoms with E-state index in [4.69, 9.17) is 4.74 Å². The summed E-state index contributed by atoms with van der Waals surface area (Å²) < 4.78 is 31.1. The Morgan fingerprint density at radius 1 is 1.19 bits per heavy atom. The first-order valence-corrected chi connectivity index (χ1v) is 9.55. The predicted octanol–water partition coefficient (Wildman–Crippen LogP) is 2.13. The Morgan fingerprint density at radius 3 is 2.54 bits per heavy atom. The van der Waals surface area contributed by atoms with E-state index >= 15 is 0 Å². The highest BCUT2D eigenvalue weighted by molar-refractivity contribution is 7.90. The number of benzene rings is 1. The van der Waals surface area contributed by atoms with Gasteiger partial charge in [-0.15, -0.1) is 11.3 Å². The van der Waals surface area contributed by atoms with E-state index in [1.165, 1.54) is 42.7 Å². The number of H-pyrrole nitrogens is 1. The highest BCUT2D eigenvalue weighted by Gasteiger charge is 2.22. The number of hydrogen-bond donors (Lipinski definition) is 3. The van der Waals surface area contributed by atoms with Crippen molar-refractivity contribution in [3.05, 3.63) is 58.2 Å². The SMILES string of the molecule is COc1ccc(S(=O)(=O)n2[nH]c(=O)cc2NC(=O)Nc2cccs2)cc1. The number of amides is 2. The van der Waals surface area contributed by atoms with Crippen molar-refractivity contribution in [2.45, 2.75) is 4.90 Å². The number of aromatic amines is 1. The van der Waals surface area contributed by atoms with E-state index in [1.54, 1.807) is 17.5 Å². The molecule has 0 spiro atoms. The van der Waals surface area contributed by atoms with Gasteiger partial charge >= 0.3 is 6.03 Å². The minimum atomic E-state index is -4.12. The van der Waals surface area contributed by atoms with Gasteiger partial charge in [0.05, 0.1) is 17.0 Å². The summed E-state index contributed by atoms with van der Waals surface area (Å²) >= 11 is 1.30. The average molecular weight is 394 g/mol. The summed E-state index contributed by atoms with van der Waals surface area (Å²) in [5.41, 5.74) is -0.673. The van der Waals surface area contributed by atoms with Gasteiger partial charge in [0.1, 0.15) is 5.75 Å². The molecule has 26 heavy (non-hydrogen) atoms. The van der Waals surface area contributed by atoms with Crippen molar-refractivity contribution < 1.29 is 17.9 Å². The van der Waals surface area contributed by atoms with Gasteiger partial charge in [-0.3, -0.25) is 15.4 Å². The molecular weight excluding hydrogens is 380 g/mol. The van der Waals surface area contributed by atoms with Crippen LogP contribution in [0.5, 0.6) is 5.75 Å². The van der Waals surface area contributed by atoms with Gasteiger partial charge in [-0.2, -0.15) is 12.5 Å². The Kier molecular flexibility index (Phi) is 4.82. The molecular formula is C15H14N4O5S2. The van der Waals surface area contributed by atoms with Crippen molar-refractivity contribution >= 4 is 38.2 Å². The molecule has 0 saturated heterocycles. The normalized spacial score (nSPS) is 11.1. The van der Waals surface area contributed by atoms with Crippen LogP contribution in [0, 0.1) is 0 Å². The van der Waals surface area contributed by atoms with Crippen LogP contribution in [-0.4, -0.2) is 30.7 Å². The summed E-state index contributed by atoms with van der Waals surface area (Å²) in [7, 11) is -2.66. The first kappa shape index (κ1) is 17.8. The van der Waals surface area contributed by atoms with Crippen LogP contribution in [0.15, 0.2) is 57.5 Å². The Hall–Kier alpha value is -3.05. The van der Waals surface area contributed by atoms with E-state index in [2.05, 4.69) is 15.7 Å².